The molecule has 1 aliphatic carbocycles. The van der Waals surface area contributed by atoms with Crippen LogP contribution in [0.1, 0.15) is 42.8 Å². The third-order valence-corrected chi connectivity index (χ3v) is 3.64. The summed E-state index contributed by atoms with van der Waals surface area (Å²) < 4.78 is 39.7. The first kappa shape index (κ1) is 12.5. The zero-order valence-electron chi connectivity index (χ0n) is 10.1. The Bertz CT molecular complexity index is 601. The molecule has 3 nitrogen and oxygen atoms in total. The van der Waals surface area contributed by atoms with Gasteiger partial charge in [0.1, 0.15) is 11.5 Å². The van der Waals surface area contributed by atoms with Crippen molar-refractivity contribution < 1.29 is 18.3 Å². The van der Waals surface area contributed by atoms with Crippen LogP contribution in [0.5, 0.6) is 0 Å². The maximum Gasteiger partial charge on any atom is 0.420 e. The minimum Gasteiger partial charge on any atom is -0.378 e. The monoisotopic (exact) mass is 270 g/mol. The summed E-state index contributed by atoms with van der Waals surface area (Å²) in [6.45, 7) is 0. The van der Waals surface area contributed by atoms with Crippen molar-refractivity contribution >= 4 is 5.52 Å². The summed E-state index contributed by atoms with van der Waals surface area (Å²) in [5, 5.41) is 9.44. The van der Waals surface area contributed by atoms with Crippen molar-refractivity contribution in [1.29, 1.82) is 0 Å². The number of halogens is 3. The highest BCUT2D eigenvalue weighted by molar-refractivity contribution is 5.55. The molecule has 1 N–H and O–H groups in total. The predicted octanol–water partition coefficient (Wildman–Crippen LogP) is 3.20. The molecule has 2 aromatic rings. The summed E-state index contributed by atoms with van der Waals surface area (Å²) in [6.07, 6.45) is -2.57. The van der Waals surface area contributed by atoms with E-state index in [1.54, 1.807) is 28.8 Å². The fourth-order valence-corrected chi connectivity index (χ4v) is 2.40. The Labute approximate surface area is 107 Å². The highest BCUT2D eigenvalue weighted by Gasteiger charge is 2.42. The fourth-order valence-electron chi connectivity index (χ4n) is 2.40. The summed E-state index contributed by atoms with van der Waals surface area (Å²) >= 11 is 0. The van der Waals surface area contributed by atoms with Crippen LogP contribution < -0.4 is 0 Å². The Hall–Kier alpha value is -1.56. The predicted molar refractivity (Wildman–Crippen MR) is 62.8 cm³/mol. The molecule has 0 aliphatic heterocycles. The largest absolute Gasteiger partial charge is 0.420 e. The lowest BCUT2D eigenvalue weighted by molar-refractivity contribution is -0.207. The molecule has 2 heterocycles. The molecule has 6 heteroatoms. The van der Waals surface area contributed by atoms with Crippen molar-refractivity contribution in [3.8, 4) is 0 Å². The normalized spacial score (nSPS) is 18.5. The second-order valence-electron chi connectivity index (χ2n) is 4.88. The Balaban J connectivity index is 2.14. The first-order valence-corrected chi connectivity index (χ1v) is 6.20. The van der Waals surface area contributed by atoms with Gasteiger partial charge in [-0.15, -0.1) is 0 Å². The van der Waals surface area contributed by atoms with Gasteiger partial charge in [0.05, 0.1) is 5.52 Å². The first-order chi connectivity index (χ1) is 8.98. The molecule has 2 aromatic heterocycles. The number of rotatable bonds is 2. The number of aliphatic hydroxyl groups is 1. The smallest absolute Gasteiger partial charge is 0.378 e. The van der Waals surface area contributed by atoms with Crippen LogP contribution in [0.3, 0.4) is 0 Å². The van der Waals surface area contributed by atoms with Gasteiger partial charge in [-0.05, 0) is 25.0 Å². The van der Waals surface area contributed by atoms with E-state index in [0.29, 0.717) is 11.3 Å². The van der Waals surface area contributed by atoms with Crippen molar-refractivity contribution in [3.63, 3.8) is 0 Å². The Morgan fingerprint density at radius 3 is 2.63 bits per heavy atom. The van der Waals surface area contributed by atoms with E-state index in [4.69, 9.17) is 0 Å². The lowest BCUT2D eigenvalue weighted by Crippen LogP contribution is -2.21. The Kier molecular flexibility index (Phi) is 2.78. The number of pyridine rings is 1. The van der Waals surface area contributed by atoms with E-state index in [1.165, 1.54) is 0 Å². The molecule has 19 heavy (non-hydrogen) atoms. The molecule has 0 spiro atoms. The fraction of sp³-hybridized carbons (Fsp3) is 0.462. The van der Waals surface area contributed by atoms with Crippen molar-refractivity contribution in [1.82, 2.24) is 9.38 Å². The van der Waals surface area contributed by atoms with Crippen LogP contribution in [-0.4, -0.2) is 20.7 Å². The molecular weight excluding hydrogens is 257 g/mol. The van der Waals surface area contributed by atoms with E-state index in [0.717, 1.165) is 19.3 Å². The average molecular weight is 270 g/mol. The number of hydrogen-bond acceptors (Lipinski definition) is 2. The van der Waals surface area contributed by atoms with Crippen molar-refractivity contribution in [2.24, 2.45) is 0 Å². The number of aromatic nitrogens is 2. The number of alkyl halides is 3. The molecule has 1 atom stereocenters. The van der Waals surface area contributed by atoms with Gasteiger partial charge in [0.2, 0.25) is 0 Å². The highest BCUT2D eigenvalue weighted by Crippen LogP contribution is 2.39. The van der Waals surface area contributed by atoms with Gasteiger partial charge in [0.25, 0.3) is 0 Å². The number of nitrogens with zero attached hydrogens (tertiary/aromatic N) is 2. The Morgan fingerprint density at radius 1 is 1.32 bits per heavy atom. The number of fused-ring (bicyclic) bond motifs is 1. The van der Waals surface area contributed by atoms with Crippen LogP contribution >= 0.6 is 0 Å². The van der Waals surface area contributed by atoms with E-state index >= 15 is 0 Å². The van der Waals surface area contributed by atoms with E-state index < -0.39 is 12.3 Å². The van der Waals surface area contributed by atoms with E-state index in [-0.39, 0.29) is 11.6 Å². The molecule has 0 bridgehead atoms. The van der Waals surface area contributed by atoms with Gasteiger partial charge >= 0.3 is 6.18 Å². The Morgan fingerprint density at radius 2 is 2.05 bits per heavy atom. The van der Waals surface area contributed by atoms with Crippen LogP contribution in [0.2, 0.25) is 0 Å². The van der Waals surface area contributed by atoms with Gasteiger partial charge in [0, 0.05) is 12.1 Å². The van der Waals surface area contributed by atoms with E-state index in [2.05, 4.69) is 4.98 Å². The standard InChI is InChI=1S/C13H13F3N2O/c14-13(15,16)11(19)10-9-6-1-2-7-18(9)12(17-10)8-4-3-5-8/h1-2,6-8,11,19H,3-5H2. The van der Waals surface area contributed by atoms with Crippen LogP contribution in [-0.2, 0) is 0 Å². The molecule has 1 unspecified atom stereocenters. The van der Waals surface area contributed by atoms with E-state index in [1.807, 2.05) is 0 Å². The molecule has 3 rings (SSSR count). The third kappa shape index (κ3) is 2.00. The molecule has 1 aliphatic rings. The van der Waals surface area contributed by atoms with Crippen LogP contribution in [0.15, 0.2) is 24.4 Å². The van der Waals surface area contributed by atoms with Crippen LogP contribution in [0.25, 0.3) is 5.52 Å². The topological polar surface area (TPSA) is 37.5 Å². The zero-order valence-corrected chi connectivity index (χ0v) is 10.1. The molecule has 0 saturated heterocycles. The molecular formula is C13H13F3N2O. The first-order valence-electron chi connectivity index (χ1n) is 6.20. The third-order valence-electron chi connectivity index (χ3n) is 3.64. The summed E-state index contributed by atoms with van der Waals surface area (Å²) in [6, 6.07) is 4.95. The lowest BCUT2D eigenvalue weighted by Gasteiger charge is -2.23. The molecule has 102 valence electrons. The molecule has 1 saturated carbocycles. The molecule has 1 fully saturated rings. The maximum atomic E-state index is 12.7. The highest BCUT2D eigenvalue weighted by atomic mass is 19.4. The molecule has 0 radical (unpaired) electrons. The quantitative estimate of drug-likeness (QED) is 0.910. The minimum absolute atomic E-state index is 0.198. The summed E-state index contributed by atoms with van der Waals surface area (Å²) in [7, 11) is 0. The summed E-state index contributed by atoms with van der Waals surface area (Å²) in [5.74, 6) is 0.823. The van der Waals surface area contributed by atoms with Gasteiger partial charge in [-0.25, -0.2) is 4.98 Å². The van der Waals surface area contributed by atoms with Gasteiger partial charge in [0.15, 0.2) is 6.10 Å². The molecule has 0 amide bonds. The lowest BCUT2D eigenvalue weighted by atomic mass is 9.85. The van der Waals surface area contributed by atoms with Gasteiger partial charge in [-0.2, -0.15) is 13.2 Å². The second kappa shape index (κ2) is 4.23. The average Bonchev–Trinajstić information content (AvgIpc) is 2.65. The SMILES string of the molecule is OC(c1nc(C2CCC2)n2ccccc12)C(F)(F)F. The second-order valence-corrected chi connectivity index (χ2v) is 4.88. The number of hydrogen-bond donors (Lipinski definition) is 1. The summed E-state index contributed by atoms with van der Waals surface area (Å²) in [4.78, 5) is 4.07. The zero-order chi connectivity index (χ0) is 13.6. The number of aliphatic hydroxyl groups excluding tert-OH is 1. The van der Waals surface area contributed by atoms with Crippen molar-refractivity contribution in [2.45, 2.75) is 37.5 Å². The van der Waals surface area contributed by atoms with E-state index in [9.17, 15) is 18.3 Å². The van der Waals surface area contributed by atoms with Gasteiger partial charge < -0.3 is 9.51 Å². The van der Waals surface area contributed by atoms with Crippen LogP contribution in [0.4, 0.5) is 13.2 Å². The van der Waals surface area contributed by atoms with Crippen molar-refractivity contribution in [2.75, 3.05) is 0 Å². The summed E-state index contributed by atoms with van der Waals surface area (Å²) in [5.41, 5.74) is 0.0317. The number of imidazole rings is 1. The van der Waals surface area contributed by atoms with Crippen LogP contribution in [0, 0.1) is 0 Å². The van der Waals surface area contributed by atoms with Gasteiger partial charge in [-0.3, -0.25) is 0 Å². The van der Waals surface area contributed by atoms with Gasteiger partial charge in [-0.1, -0.05) is 12.5 Å². The van der Waals surface area contributed by atoms with Crippen molar-refractivity contribution in [3.05, 3.63) is 35.9 Å². The minimum atomic E-state index is -4.69. The molecule has 0 aromatic carbocycles. The maximum absolute atomic E-state index is 12.7.